The molecule has 0 amide bonds. The van der Waals surface area contributed by atoms with E-state index < -0.39 is 0 Å². The van der Waals surface area contributed by atoms with E-state index in [2.05, 4.69) is 82.3 Å². The van der Waals surface area contributed by atoms with Crippen molar-refractivity contribution in [1.82, 2.24) is 14.5 Å². The molecule has 0 saturated carbocycles. The lowest BCUT2D eigenvalue weighted by atomic mass is 10.0. The Labute approximate surface area is 149 Å². The van der Waals surface area contributed by atoms with Crippen molar-refractivity contribution in [2.24, 2.45) is 0 Å². The molecule has 0 radical (unpaired) electrons. The predicted octanol–water partition coefficient (Wildman–Crippen LogP) is 5.81. The second-order valence-electron chi connectivity index (χ2n) is 6.64. The van der Waals surface area contributed by atoms with Gasteiger partial charge in [-0.2, -0.15) is 0 Å². The fraction of sp³-hybridized carbons (Fsp3) is 0. The molecule has 122 valence electrons. The van der Waals surface area contributed by atoms with Gasteiger partial charge in [0.2, 0.25) is 0 Å². The van der Waals surface area contributed by atoms with Crippen LogP contribution in [0.1, 0.15) is 0 Å². The summed E-state index contributed by atoms with van der Waals surface area (Å²) in [5.74, 6) is 0. The highest BCUT2D eigenvalue weighted by Crippen LogP contribution is 2.36. The van der Waals surface area contributed by atoms with Crippen LogP contribution in [0.4, 0.5) is 0 Å². The number of hydrogen-bond acceptors (Lipinski definition) is 1. The molecule has 2 aromatic heterocycles. The Balaban J connectivity index is 1.82. The first-order chi connectivity index (χ1) is 12.9. The third-order valence-corrected chi connectivity index (χ3v) is 5.20. The van der Waals surface area contributed by atoms with E-state index in [9.17, 15) is 0 Å². The van der Waals surface area contributed by atoms with Gasteiger partial charge >= 0.3 is 0 Å². The molecule has 3 heteroatoms. The number of benzene rings is 4. The van der Waals surface area contributed by atoms with Gasteiger partial charge in [-0.3, -0.25) is 4.57 Å². The second kappa shape index (κ2) is 4.96. The first-order valence-electron chi connectivity index (χ1n) is 8.75. The number of nitrogens with one attached hydrogen (secondary N) is 1. The molecule has 26 heavy (non-hydrogen) atoms. The smallest absolute Gasteiger partial charge is 0.100 e. The fourth-order valence-electron chi connectivity index (χ4n) is 4.02. The molecule has 4 aromatic carbocycles. The minimum Gasteiger partial charge on any atom is -0.354 e. The maximum Gasteiger partial charge on any atom is 0.100 e. The van der Waals surface area contributed by atoms with Crippen LogP contribution in [-0.2, 0) is 0 Å². The summed E-state index contributed by atoms with van der Waals surface area (Å²) in [4.78, 5) is 8.35. The highest BCUT2D eigenvalue weighted by Gasteiger charge is 2.13. The Morgan fingerprint density at radius 2 is 1.50 bits per heavy atom. The van der Waals surface area contributed by atoms with E-state index in [0.717, 1.165) is 27.8 Å². The SMILES string of the molecule is c1ccc(-n2cnc3c4c(ccc5[nH]c6ccccc6c54)ccc32)cc1. The van der Waals surface area contributed by atoms with E-state index in [-0.39, 0.29) is 0 Å². The summed E-state index contributed by atoms with van der Waals surface area (Å²) >= 11 is 0. The predicted molar refractivity (Wildman–Crippen MR) is 108 cm³/mol. The zero-order valence-electron chi connectivity index (χ0n) is 14.0. The summed E-state index contributed by atoms with van der Waals surface area (Å²) in [6.07, 6.45) is 1.92. The largest absolute Gasteiger partial charge is 0.354 e. The number of aromatic nitrogens is 3. The van der Waals surface area contributed by atoms with Gasteiger partial charge in [-0.1, -0.05) is 48.5 Å². The van der Waals surface area contributed by atoms with Crippen molar-refractivity contribution in [3.8, 4) is 5.69 Å². The van der Waals surface area contributed by atoms with Crippen molar-refractivity contribution in [3.63, 3.8) is 0 Å². The molecular weight excluding hydrogens is 318 g/mol. The lowest BCUT2D eigenvalue weighted by molar-refractivity contribution is 1.09. The molecule has 0 saturated heterocycles. The second-order valence-corrected chi connectivity index (χ2v) is 6.64. The van der Waals surface area contributed by atoms with Crippen LogP contribution in [0.15, 0.2) is 85.2 Å². The highest BCUT2D eigenvalue weighted by atomic mass is 15.0. The van der Waals surface area contributed by atoms with Crippen LogP contribution >= 0.6 is 0 Å². The lowest BCUT2D eigenvalue weighted by Gasteiger charge is -2.06. The van der Waals surface area contributed by atoms with Crippen LogP contribution in [0.2, 0.25) is 0 Å². The van der Waals surface area contributed by atoms with Crippen LogP contribution in [0.5, 0.6) is 0 Å². The summed E-state index contributed by atoms with van der Waals surface area (Å²) in [7, 11) is 0. The molecule has 0 aliphatic rings. The van der Waals surface area contributed by atoms with Gasteiger partial charge in [0.1, 0.15) is 6.33 Å². The van der Waals surface area contributed by atoms with E-state index in [4.69, 9.17) is 4.98 Å². The maximum absolute atomic E-state index is 4.81. The van der Waals surface area contributed by atoms with Crippen molar-refractivity contribution in [3.05, 3.63) is 85.2 Å². The topological polar surface area (TPSA) is 33.6 Å². The van der Waals surface area contributed by atoms with Crippen molar-refractivity contribution < 1.29 is 0 Å². The zero-order chi connectivity index (χ0) is 17.1. The van der Waals surface area contributed by atoms with Crippen LogP contribution < -0.4 is 0 Å². The van der Waals surface area contributed by atoms with Crippen LogP contribution in [-0.4, -0.2) is 14.5 Å². The fourth-order valence-corrected chi connectivity index (χ4v) is 4.02. The van der Waals surface area contributed by atoms with Gasteiger partial charge in [-0.15, -0.1) is 0 Å². The molecule has 6 aromatic rings. The van der Waals surface area contributed by atoms with E-state index in [0.29, 0.717) is 0 Å². The molecule has 3 nitrogen and oxygen atoms in total. The van der Waals surface area contributed by atoms with Gasteiger partial charge in [-0.05, 0) is 35.7 Å². The number of aromatic amines is 1. The van der Waals surface area contributed by atoms with Gasteiger partial charge in [0.25, 0.3) is 0 Å². The Morgan fingerprint density at radius 3 is 2.42 bits per heavy atom. The van der Waals surface area contributed by atoms with Crippen molar-refractivity contribution in [2.75, 3.05) is 0 Å². The number of imidazole rings is 1. The van der Waals surface area contributed by atoms with Gasteiger partial charge in [-0.25, -0.2) is 4.98 Å². The third-order valence-electron chi connectivity index (χ3n) is 5.20. The third kappa shape index (κ3) is 1.74. The number of fused-ring (bicyclic) bond motifs is 7. The molecule has 0 atom stereocenters. The quantitative estimate of drug-likeness (QED) is 0.404. The number of nitrogens with zero attached hydrogens (tertiary/aromatic N) is 2. The molecular formula is C23H15N3. The van der Waals surface area contributed by atoms with E-state index in [1.165, 1.54) is 21.5 Å². The minimum absolute atomic E-state index is 1.04. The monoisotopic (exact) mass is 333 g/mol. The van der Waals surface area contributed by atoms with E-state index >= 15 is 0 Å². The van der Waals surface area contributed by atoms with Gasteiger partial charge in [0.05, 0.1) is 11.0 Å². The molecule has 0 aliphatic carbocycles. The molecule has 0 fully saturated rings. The van der Waals surface area contributed by atoms with Crippen LogP contribution in [0.3, 0.4) is 0 Å². The Bertz CT molecular complexity index is 1420. The van der Waals surface area contributed by atoms with E-state index in [1.54, 1.807) is 0 Å². The van der Waals surface area contributed by atoms with Gasteiger partial charge < -0.3 is 4.98 Å². The van der Waals surface area contributed by atoms with Crippen molar-refractivity contribution >= 4 is 43.6 Å². The number of H-pyrrole nitrogens is 1. The average Bonchev–Trinajstić information content (AvgIpc) is 3.30. The molecule has 0 bridgehead atoms. The Morgan fingerprint density at radius 1 is 0.692 bits per heavy atom. The number of hydrogen-bond donors (Lipinski definition) is 1. The standard InChI is InChI=1S/C23H15N3/c1-2-6-16(7-3-1)26-14-24-23-20(26)13-11-15-10-12-19-22(21(15)23)17-8-4-5-9-18(17)25-19/h1-14,25H. The molecule has 6 rings (SSSR count). The first-order valence-corrected chi connectivity index (χ1v) is 8.75. The van der Waals surface area contributed by atoms with E-state index in [1.807, 2.05) is 12.4 Å². The Kier molecular flexibility index (Phi) is 2.61. The van der Waals surface area contributed by atoms with Crippen LogP contribution in [0.25, 0.3) is 49.3 Å². The van der Waals surface area contributed by atoms with Gasteiger partial charge in [0.15, 0.2) is 0 Å². The van der Waals surface area contributed by atoms with Crippen molar-refractivity contribution in [1.29, 1.82) is 0 Å². The molecule has 1 N–H and O–H groups in total. The summed E-state index contributed by atoms with van der Waals surface area (Å²) in [6, 6.07) is 27.5. The Hall–Kier alpha value is -3.59. The van der Waals surface area contributed by atoms with Crippen LogP contribution in [0, 0.1) is 0 Å². The summed E-state index contributed by atoms with van der Waals surface area (Å²) < 4.78 is 2.16. The lowest BCUT2D eigenvalue weighted by Crippen LogP contribution is -1.90. The minimum atomic E-state index is 1.04. The molecule has 0 spiro atoms. The van der Waals surface area contributed by atoms with Crippen molar-refractivity contribution in [2.45, 2.75) is 0 Å². The molecule has 0 unspecified atom stereocenters. The zero-order valence-corrected chi connectivity index (χ0v) is 14.0. The molecule has 0 aliphatic heterocycles. The number of rotatable bonds is 1. The number of para-hydroxylation sites is 2. The normalized spacial score (nSPS) is 11.8. The van der Waals surface area contributed by atoms with Gasteiger partial charge in [0, 0.05) is 32.9 Å². The summed E-state index contributed by atoms with van der Waals surface area (Å²) in [5.41, 5.74) is 5.61. The highest BCUT2D eigenvalue weighted by molar-refractivity contribution is 6.26. The first kappa shape index (κ1) is 13.7. The molecule has 2 heterocycles. The summed E-state index contributed by atoms with van der Waals surface area (Å²) in [6.45, 7) is 0. The maximum atomic E-state index is 4.81. The average molecular weight is 333 g/mol. The summed E-state index contributed by atoms with van der Waals surface area (Å²) in [5, 5.41) is 4.93.